The van der Waals surface area contributed by atoms with Crippen LogP contribution in [0.5, 0.6) is 0 Å². The van der Waals surface area contributed by atoms with Crippen LogP contribution in [0.1, 0.15) is 32.1 Å². The third-order valence-electron chi connectivity index (χ3n) is 4.86. The molecule has 1 aromatic heterocycles. The largest absolute Gasteiger partial charge is 0.363 e. The zero-order valence-corrected chi connectivity index (χ0v) is 14.2. The van der Waals surface area contributed by atoms with Gasteiger partial charge in [-0.25, -0.2) is 9.97 Å². The summed E-state index contributed by atoms with van der Waals surface area (Å²) in [5, 5.41) is 0. The molecular weight excluding hydrogens is 290 g/mol. The van der Waals surface area contributed by atoms with E-state index in [1.807, 2.05) is 25.1 Å². The van der Waals surface area contributed by atoms with Gasteiger partial charge in [0.15, 0.2) is 0 Å². The molecule has 1 unspecified atom stereocenters. The number of carbonyl (C=O) groups is 1. The summed E-state index contributed by atoms with van der Waals surface area (Å²) in [4.78, 5) is 27.7. The van der Waals surface area contributed by atoms with Crippen molar-refractivity contribution in [3.63, 3.8) is 0 Å². The normalized spacial score (nSPS) is 22.1. The van der Waals surface area contributed by atoms with Crippen molar-refractivity contribution in [2.45, 2.75) is 32.1 Å². The summed E-state index contributed by atoms with van der Waals surface area (Å²) in [6.45, 7) is 3.62. The predicted octanol–water partition coefficient (Wildman–Crippen LogP) is 1.77. The lowest BCUT2D eigenvalue weighted by Crippen LogP contribution is -2.46. The Labute approximate surface area is 138 Å². The monoisotopic (exact) mass is 317 g/mol. The Morgan fingerprint density at radius 3 is 2.65 bits per heavy atom. The van der Waals surface area contributed by atoms with Crippen molar-refractivity contribution in [2.75, 3.05) is 50.1 Å². The van der Waals surface area contributed by atoms with Crippen LogP contribution in [0.3, 0.4) is 0 Å². The molecule has 2 saturated heterocycles. The van der Waals surface area contributed by atoms with Crippen LogP contribution >= 0.6 is 0 Å². The quantitative estimate of drug-likeness (QED) is 0.850. The highest BCUT2D eigenvalue weighted by Gasteiger charge is 2.30. The van der Waals surface area contributed by atoms with E-state index >= 15 is 0 Å². The minimum atomic E-state index is 0.111. The van der Waals surface area contributed by atoms with E-state index in [4.69, 9.17) is 0 Å². The van der Waals surface area contributed by atoms with Gasteiger partial charge < -0.3 is 14.7 Å². The van der Waals surface area contributed by atoms with Gasteiger partial charge in [0.1, 0.15) is 18.0 Å². The Bertz CT molecular complexity index is 542. The molecule has 0 aromatic carbocycles. The molecule has 0 bridgehead atoms. The van der Waals surface area contributed by atoms with Gasteiger partial charge in [-0.05, 0) is 32.1 Å². The average molecular weight is 317 g/mol. The maximum absolute atomic E-state index is 12.8. The van der Waals surface area contributed by atoms with Gasteiger partial charge in [-0.3, -0.25) is 4.79 Å². The molecule has 0 spiro atoms. The lowest BCUT2D eigenvalue weighted by Gasteiger charge is -2.36. The minimum Gasteiger partial charge on any atom is -0.363 e. The molecule has 3 heterocycles. The van der Waals surface area contributed by atoms with Gasteiger partial charge in [0, 0.05) is 46.3 Å². The first kappa shape index (κ1) is 16.0. The maximum Gasteiger partial charge on any atom is 0.227 e. The highest BCUT2D eigenvalue weighted by molar-refractivity contribution is 5.79. The zero-order valence-electron chi connectivity index (χ0n) is 14.2. The summed E-state index contributed by atoms with van der Waals surface area (Å²) in [5.74, 6) is 2.29. The number of rotatable bonds is 3. The molecular formula is C17H27N5O. The van der Waals surface area contributed by atoms with Crippen molar-refractivity contribution in [3.05, 3.63) is 12.4 Å². The number of hydrogen-bond donors (Lipinski definition) is 0. The van der Waals surface area contributed by atoms with Gasteiger partial charge in [0.2, 0.25) is 5.91 Å². The summed E-state index contributed by atoms with van der Waals surface area (Å²) in [5.41, 5.74) is 0. The molecule has 0 aliphatic carbocycles. The van der Waals surface area contributed by atoms with Crippen LogP contribution in [0.2, 0.25) is 0 Å². The molecule has 2 fully saturated rings. The molecule has 0 N–H and O–H groups in total. The van der Waals surface area contributed by atoms with Gasteiger partial charge in [0.05, 0.1) is 5.92 Å². The van der Waals surface area contributed by atoms with Gasteiger partial charge in [-0.15, -0.1) is 0 Å². The first-order valence-electron chi connectivity index (χ1n) is 8.68. The van der Waals surface area contributed by atoms with Crippen LogP contribution in [0, 0.1) is 5.92 Å². The molecule has 126 valence electrons. The Hall–Kier alpha value is -1.85. The summed E-state index contributed by atoms with van der Waals surface area (Å²) in [6, 6.07) is 2.01. The SMILES string of the molecule is CN(C)c1cc(N2CCCC(C(=O)N3CCCCC3)C2)ncn1. The molecule has 1 amide bonds. The van der Waals surface area contributed by atoms with E-state index in [1.54, 1.807) is 6.33 Å². The second-order valence-corrected chi connectivity index (χ2v) is 6.80. The molecule has 0 radical (unpaired) electrons. The van der Waals surface area contributed by atoms with E-state index < -0.39 is 0 Å². The Morgan fingerprint density at radius 2 is 1.91 bits per heavy atom. The summed E-state index contributed by atoms with van der Waals surface area (Å²) in [7, 11) is 3.95. The van der Waals surface area contributed by atoms with E-state index in [9.17, 15) is 4.79 Å². The number of hydrogen-bond acceptors (Lipinski definition) is 5. The fourth-order valence-electron chi connectivity index (χ4n) is 3.51. The molecule has 2 aliphatic heterocycles. The average Bonchev–Trinajstić information content (AvgIpc) is 2.62. The fraction of sp³-hybridized carbons (Fsp3) is 0.706. The van der Waals surface area contributed by atoms with Crippen molar-refractivity contribution in [1.82, 2.24) is 14.9 Å². The molecule has 1 atom stereocenters. The Morgan fingerprint density at radius 1 is 1.13 bits per heavy atom. The number of likely N-dealkylation sites (tertiary alicyclic amines) is 1. The smallest absolute Gasteiger partial charge is 0.227 e. The van der Waals surface area contributed by atoms with Gasteiger partial charge in [-0.2, -0.15) is 0 Å². The third kappa shape index (κ3) is 3.74. The maximum atomic E-state index is 12.8. The Kier molecular flexibility index (Phi) is 4.98. The lowest BCUT2D eigenvalue weighted by molar-refractivity contribution is -0.136. The predicted molar refractivity (Wildman–Crippen MR) is 91.7 cm³/mol. The first-order valence-corrected chi connectivity index (χ1v) is 8.68. The molecule has 6 nitrogen and oxygen atoms in total. The summed E-state index contributed by atoms with van der Waals surface area (Å²) in [6.07, 6.45) is 7.22. The van der Waals surface area contributed by atoms with E-state index in [1.165, 1.54) is 6.42 Å². The van der Waals surface area contributed by atoms with Crippen molar-refractivity contribution in [2.24, 2.45) is 5.92 Å². The molecule has 6 heteroatoms. The van der Waals surface area contributed by atoms with Crippen molar-refractivity contribution >= 4 is 17.5 Å². The van der Waals surface area contributed by atoms with Gasteiger partial charge in [-0.1, -0.05) is 0 Å². The second kappa shape index (κ2) is 7.15. The first-order chi connectivity index (χ1) is 11.1. The number of anilines is 2. The lowest BCUT2D eigenvalue weighted by atomic mass is 9.95. The number of amides is 1. The molecule has 2 aliphatic rings. The van der Waals surface area contributed by atoms with Gasteiger partial charge in [0.25, 0.3) is 0 Å². The van der Waals surface area contributed by atoms with Crippen molar-refractivity contribution in [3.8, 4) is 0 Å². The van der Waals surface area contributed by atoms with Crippen LogP contribution in [0.4, 0.5) is 11.6 Å². The summed E-state index contributed by atoms with van der Waals surface area (Å²) < 4.78 is 0. The molecule has 23 heavy (non-hydrogen) atoms. The van der Waals surface area contributed by atoms with E-state index in [0.29, 0.717) is 5.91 Å². The van der Waals surface area contributed by atoms with Crippen LogP contribution < -0.4 is 9.80 Å². The summed E-state index contributed by atoms with van der Waals surface area (Å²) >= 11 is 0. The number of nitrogens with zero attached hydrogens (tertiary/aromatic N) is 5. The molecule has 3 rings (SSSR count). The van der Waals surface area contributed by atoms with Crippen LogP contribution in [-0.2, 0) is 4.79 Å². The topological polar surface area (TPSA) is 52.6 Å². The molecule has 1 aromatic rings. The number of carbonyl (C=O) groups excluding carboxylic acids is 1. The van der Waals surface area contributed by atoms with E-state index in [-0.39, 0.29) is 5.92 Å². The van der Waals surface area contributed by atoms with Crippen LogP contribution in [-0.4, -0.2) is 61.0 Å². The van der Waals surface area contributed by atoms with Crippen molar-refractivity contribution in [1.29, 1.82) is 0 Å². The zero-order chi connectivity index (χ0) is 16.2. The second-order valence-electron chi connectivity index (χ2n) is 6.80. The van der Waals surface area contributed by atoms with E-state index in [0.717, 1.165) is 63.5 Å². The standard InChI is InChI=1S/C17H27N5O/c1-20(2)15-11-16(19-13-18-15)22-10-6-7-14(12-22)17(23)21-8-4-3-5-9-21/h11,13-14H,3-10,12H2,1-2H3. The van der Waals surface area contributed by atoms with Gasteiger partial charge >= 0.3 is 0 Å². The van der Waals surface area contributed by atoms with E-state index in [2.05, 4.69) is 19.8 Å². The van der Waals surface area contributed by atoms with Crippen molar-refractivity contribution < 1.29 is 4.79 Å². The third-order valence-corrected chi connectivity index (χ3v) is 4.86. The number of aromatic nitrogens is 2. The fourth-order valence-corrected chi connectivity index (χ4v) is 3.51. The highest BCUT2D eigenvalue weighted by atomic mass is 16.2. The van der Waals surface area contributed by atoms with Crippen LogP contribution in [0.25, 0.3) is 0 Å². The Balaban J connectivity index is 1.68. The number of piperidine rings is 2. The van der Waals surface area contributed by atoms with Crippen LogP contribution in [0.15, 0.2) is 12.4 Å². The highest BCUT2D eigenvalue weighted by Crippen LogP contribution is 2.25. The minimum absolute atomic E-state index is 0.111. The molecule has 0 saturated carbocycles.